The molecular weight excluding hydrogens is 288 g/mol. The molecule has 122 valence electrons. The van der Waals surface area contributed by atoms with Crippen LogP contribution in [-0.4, -0.2) is 40.2 Å². The molecule has 0 bridgehead atoms. The van der Waals surface area contributed by atoms with Gasteiger partial charge >= 0.3 is 6.03 Å². The van der Waals surface area contributed by atoms with E-state index in [0.717, 1.165) is 11.4 Å². The summed E-state index contributed by atoms with van der Waals surface area (Å²) in [6, 6.07) is -0.230. The molecule has 0 saturated heterocycles. The summed E-state index contributed by atoms with van der Waals surface area (Å²) in [5, 5.41) is 9.03. The zero-order valence-electron chi connectivity index (χ0n) is 12.9. The SMILES string of the molecule is Cc1cc(C)n(C[C@@H](C)CNC(=O)NC(C(N)=O)C(N)=O)n1. The molecule has 0 aliphatic carbocycles. The van der Waals surface area contributed by atoms with E-state index in [1.165, 1.54) is 0 Å². The van der Waals surface area contributed by atoms with Crippen molar-refractivity contribution in [2.24, 2.45) is 17.4 Å². The van der Waals surface area contributed by atoms with E-state index in [0.29, 0.717) is 13.1 Å². The Morgan fingerprint density at radius 2 is 1.86 bits per heavy atom. The van der Waals surface area contributed by atoms with Crippen LogP contribution in [0, 0.1) is 19.8 Å². The molecule has 1 heterocycles. The summed E-state index contributed by atoms with van der Waals surface area (Å²) < 4.78 is 1.86. The summed E-state index contributed by atoms with van der Waals surface area (Å²) in [5.41, 5.74) is 11.9. The normalized spacial score (nSPS) is 12.0. The molecule has 0 aliphatic heterocycles. The van der Waals surface area contributed by atoms with Gasteiger partial charge in [-0.3, -0.25) is 14.3 Å². The van der Waals surface area contributed by atoms with Crippen molar-refractivity contribution >= 4 is 17.8 Å². The number of rotatable bonds is 7. The lowest BCUT2D eigenvalue weighted by Gasteiger charge is -2.16. The molecule has 0 radical (unpaired) electrons. The largest absolute Gasteiger partial charge is 0.367 e. The first-order valence-corrected chi connectivity index (χ1v) is 6.84. The Labute approximate surface area is 128 Å². The van der Waals surface area contributed by atoms with Crippen molar-refractivity contribution in [2.45, 2.75) is 33.4 Å². The third-order valence-electron chi connectivity index (χ3n) is 3.04. The second kappa shape index (κ2) is 7.43. The molecule has 0 unspecified atom stereocenters. The number of urea groups is 1. The summed E-state index contributed by atoms with van der Waals surface area (Å²) in [4.78, 5) is 33.6. The van der Waals surface area contributed by atoms with Gasteiger partial charge < -0.3 is 22.1 Å². The van der Waals surface area contributed by atoms with Gasteiger partial charge in [0.1, 0.15) is 0 Å². The van der Waals surface area contributed by atoms with Crippen molar-refractivity contribution in [1.29, 1.82) is 0 Å². The Balaban J connectivity index is 2.45. The van der Waals surface area contributed by atoms with Crippen LogP contribution in [0.3, 0.4) is 0 Å². The van der Waals surface area contributed by atoms with Crippen LogP contribution in [0.15, 0.2) is 6.07 Å². The first kappa shape index (κ1) is 17.5. The number of aryl methyl sites for hydroxylation is 2. The van der Waals surface area contributed by atoms with Crippen LogP contribution in [-0.2, 0) is 16.1 Å². The van der Waals surface area contributed by atoms with Crippen molar-refractivity contribution in [3.8, 4) is 0 Å². The maximum Gasteiger partial charge on any atom is 0.315 e. The van der Waals surface area contributed by atoms with E-state index in [1.807, 2.05) is 31.5 Å². The zero-order valence-corrected chi connectivity index (χ0v) is 12.9. The Kier molecular flexibility index (Phi) is 5.90. The summed E-state index contributed by atoms with van der Waals surface area (Å²) >= 11 is 0. The number of nitrogens with one attached hydrogen (secondary N) is 2. The summed E-state index contributed by atoms with van der Waals surface area (Å²) in [7, 11) is 0. The molecule has 6 N–H and O–H groups in total. The lowest BCUT2D eigenvalue weighted by atomic mass is 10.2. The number of aromatic nitrogens is 2. The van der Waals surface area contributed by atoms with Crippen molar-refractivity contribution < 1.29 is 14.4 Å². The molecule has 22 heavy (non-hydrogen) atoms. The molecule has 1 aromatic heterocycles. The average Bonchev–Trinajstić information content (AvgIpc) is 2.71. The van der Waals surface area contributed by atoms with Crippen LogP contribution in [0.5, 0.6) is 0 Å². The lowest BCUT2D eigenvalue weighted by Crippen LogP contribution is -2.55. The number of nitrogens with two attached hydrogens (primary N) is 2. The zero-order chi connectivity index (χ0) is 16.9. The fraction of sp³-hybridized carbons (Fsp3) is 0.538. The van der Waals surface area contributed by atoms with Gasteiger partial charge in [0, 0.05) is 18.8 Å². The predicted molar refractivity (Wildman–Crippen MR) is 79.6 cm³/mol. The van der Waals surface area contributed by atoms with Crippen molar-refractivity contribution in [3.05, 3.63) is 17.5 Å². The van der Waals surface area contributed by atoms with Crippen LogP contribution >= 0.6 is 0 Å². The summed E-state index contributed by atoms with van der Waals surface area (Å²) in [6.45, 7) is 6.78. The average molecular weight is 310 g/mol. The molecule has 9 nitrogen and oxygen atoms in total. The number of hydrogen-bond acceptors (Lipinski definition) is 4. The van der Waals surface area contributed by atoms with Crippen LogP contribution in [0.4, 0.5) is 4.79 Å². The van der Waals surface area contributed by atoms with E-state index in [4.69, 9.17) is 11.5 Å². The molecule has 0 saturated carbocycles. The minimum atomic E-state index is -1.52. The van der Waals surface area contributed by atoms with Gasteiger partial charge in [0.05, 0.1) is 5.69 Å². The minimum absolute atomic E-state index is 0.101. The minimum Gasteiger partial charge on any atom is -0.367 e. The molecule has 0 fully saturated rings. The van der Waals surface area contributed by atoms with Gasteiger partial charge in [0.25, 0.3) is 0 Å². The standard InChI is InChI=1S/C13H22N6O3/c1-7(6-19-9(3)4-8(2)18-19)5-16-13(22)17-10(11(14)20)12(15)21/h4,7,10H,5-6H2,1-3H3,(H2,14,20)(H2,15,21)(H2,16,17,22)/t7-/m0/s1. The number of amides is 4. The number of carbonyl (C=O) groups is 3. The highest BCUT2D eigenvalue weighted by molar-refractivity contribution is 6.05. The topological polar surface area (TPSA) is 145 Å². The molecule has 1 rings (SSSR count). The Morgan fingerprint density at radius 1 is 1.27 bits per heavy atom. The molecule has 9 heteroatoms. The summed E-state index contributed by atoms with van der Waals surface area (Å²) in [5.74, 6) is -1.90. The Bertz CT molecular complexity index is 554. The van der Waals surface area contributed by atoms with Gasteiger partial charge in [-0.2, -0.15) is 5.10 Å². The first-order valence-electron chi connectivity index (χ1n) is 6.84. The van der Waals surface area contributed by atoms with Gasteiger partial charge in [-0.1, -0.05) is 6.92 Å². The van der Waals surface area contributed by atoms with Crippen molar-refractivity contribution in [1.82, 2.24) is 20.4 Å². The second-order valence-corrected chi connectivity index (χ2v) is 5.31. The van der Waals surface area contributed by atoms with E-state index in [-0.39, 0.29) is 5.92 Å². The van der Waals surface area contributed by atoms with Crippen LogP contribution in [0.2, 0.25) is 0 Å². The second-order valence-electron chi connectivity index (χ2n) is 5.31. The van der Waals surface area contributed by atoms with E-state index in [1.54, 1.807) is 0 Å². The third-order valence-corrected chi connectivity index (χ3v) is 3.04. The van der Waals surface area contributed by atoms with E-state index in [9.17, 15) is 14.4 Å². The van der Waals surface area contributed by atoms with Gasteiger partial charge in [-0.15, -0.1) is 0 Å². The van der Waals surface area contributed by atoms with Crippen LogP contribution < -0.4 is 22.1 Å². The molecule has 0 spiro atoms. The third kappa shape index (κ3) is 5.08. The van der Waals surface area contributed by atoms with Crippen LogP contribution in [0.25, 0.3) is 0 Å². The predicted octanol–water partition coefficient (Wildman–Crippen LogP) is -1.23. The maximum atomic E-state index is 11.6. The van der Waals surface area contributed by atoms with E-state index in [2.05, 4.69) is 15.7 Å². The fourth-order valence-electron chi connectivity index (χ4n) is 1.95. The van der Waals surface area contributed by atoms with E-state index >= 15 is 0 Å². The maximum absolute atomic E-state index is 11.6. The summed E-state index contributed by atoms with van der Waals surface area (Å²) in [6.07, 6.45) is 0. The Hall–Kier alpha value is -2.58. The highest BCUT2D eigenvalue weighted by atomic mass is 16.2. The first-order chi connectivity index (χ1) is 10.2. The van der Waals surface area contributed by atoms with Gasteiger partial charge in [0.2, 0.25) is 11.8 Å². The van der Waals surface area contributed by atoms with Crippen molar-refractivity contribution in [2.75, 3.05) is 6.54 Å². The highest BCUT2D eigenvalue weighted by Gasteiger charge is 2.23. The molecular formula is C13H22N6O3. The molecule has 0 aromatic carbocycles. The number of primary amides is 2. The molecule has 0 aliphatic rings. The Morgan fingerprint density at radius 3 is 2.32 bits per heavy atom. The molecule has 1 aromatic rings. The van der Waals surface area contributed by atoms with Gasteiger partial charge in [-0.25, -0.2) is 4.79 Å². The van der Waals surface area contributed by atoms with Gasteiger partial charge in [-0.05, 0) is 25.8 Å². The highest BCUT2D eigenvalue weighted by Crippen LogP contribution is 2.05. The quantitative estimate of drug-likeness (QED) is 0.467. The van der Waals surface area contributed by atoms with E-state index < -0.39 is 23.9 Å². The fourth-order valence-corrected chi connectivity index (χ4v) is 1.95. The number of nitrogens with zero attached hydrogens (tertiary/aromatic N) is 2. The number of carbonyl (C=O) groups excluding carboxylic acids is 3. The van der Waals surface area contributed by atoms with Crippen molar-refractivity contribution in [3.63, 3.8) is 0 Å². The smallest absolute Gasteiger partial charge is 0.315 e. The number of hydrogen-bond donors (Lipinski definition) is 4. The molecule has 4 amide bonds. The molecule has 1 atom stereocenters. The van der Waals surface area contributed by atoms with Gasteiger partial charge in [0.15, 0.2) is 6.04 Å². The van der Waals surface area contributed by atoms with Crippen LogP contribution in [0.1, 0.15) is 18.3 Å². The lowest BCUT2D eigenvalue weighted by molar-refractivity contribution is -0.128. The monoisotopic (exact) mass is 310 g/mol.